The topological polar surface area (TPSA) is 113 Å². The molecule has 0 radical (unpaired) electrons. The Balaban J connectivity index is 2.11. The van der Waals surface area contributed by atoms with Crippen LogP contribution in [-0.4, -0.2) is 42.2 Å². The van der Waals surface area contributed by atoms with Crippen LogP contribution in [-0.2, 0) is 9.84 Å². The molecule has 0 aromatic carbocycles. The third kappa shape index (κ3) is 3.16. The Labute approximate surface area is 108 Å². The largest absolute Gasteiger partial charge is 0.477 e. The molecule has 2 N–H and O–H groups in total. The lowest BCUT2D eigenvalue weighted by atomic mass is 10.2. The number of nitrogens with one attached hydrogen (secondary N) is 1. The molecule has 1 aromatic heterocycles. The van der Waals surface area contributed by atoms with Crippen LogP contribution in [0.15, 0.2) is 29.7 Å². The molecule has 2 rings (SSSR count). The average Bonchev–Trinajstić information content (AvgIpc) is 2.68. The van der Waals surface area contributed by atoms with Crippen LogP contribution < -0.4 is 5.32 Å². The van der Waals surface area contributed by atoms with Crippen LogP contribution in [0.2, 0.25) is 0 Å². The quantitative estimate of drug-likeness (QED) is 0.795. The fourth-order valence-electron chi connectivity index (χ4n) is 1.59. The van der Waals surface area contributed by atoms with Crippen LogP contribution in [0, 0.1) is 0 Å². The van der Waals surface area contributed by atoms with Crippen LogP contribution in [0.4, 0.5) is 0 Å². The molecule has 1 atom stereocenters. The molecule has 1 aliphatic heterocycles. The van der Waals surface area contributed by atoms with Gasteiger partial charge in [0.1, 0.15) is 11.4 Å². The number of carbonyl (C=O) groups excluding carboxylic acids is 1. The number of amides is 1. The van der Waals surface area contributed by atoms with Crippen molar-refractivity contribution in [2.45, 2.75) is 6.04 Å². The summed E-state index contributed by atoms with van der Waals surface area (Å²) < 4.78 is 22.3. The number of aromatic carboxylic acids is 1. The van der Waals surface area contributed by atoms with Gasteiger partial charge in [-0.1, -0.05) is 6.07 Å². The van der Waals surface area contributed by atoms with E-state index in [1.807, 2.05) is 0 Å². The smallest absolute Gasteiger partial charge is 0.354 e. The predicted molar refractivity (Wildman–Crippen MR) is 65.4 cm³/mol. The van der Waals surface area contributed by atoms with Gasteiger partial charge in [0, 0.05) is 5.41 Å². The normalized spacial score (nSPS) is 20.1. The molecule has 19 heavy (non-hydrogen) atoms. The lowest BCUT2D eigenvalue weighted by Crippen LogP contribution is -2.36. The minimum Gasteiger partial charge on any atom is -0.477 e. The van der Waals surface area contributed by atoms with Crippen LogP contribution in [0.5, 0.6) is 0 Å². The maximum Gasteiger partial charge on any atom is 0.354 e. The molecule has 0 aliphatic carbocycles. The number of carboxylic acids is 1. The zero-order valence-electron chi connectivity index (χ0n) is 9.61. The number of sulfone groups is 1. The lowest BCUT2D eigenvalue weighted by Gasteiger charge is -2.09. The Bertz CT molecular complexity index is 665. The van der Waals surface area contributed by atoms with Crippen molar-refractivity contribution in [2.24, 2.45) is 0 Å². The summed E-state index contributed by atoms with van der Waals surface area (Å²) in [7, 11) is -3.25. The molecule has 0 saturated heterocycles. The molecule has 1 aliphatic rings. The molecule has 7 nitrogen and oxygen atoms in total. The number of carbonyl (C=O) groups is 2. The van der Waals surface area contributed by atoms with E-state index in [0.717, 1.165) is 5.41 Å². The first-order valence-corrected chi connectivity index (χ1v) is 7.01. The van der Waals surface area contributed by atoms with Gasteiger partial charge in [0.05, 0.1) is 11.8 Å². The second kappa shape index (κ2) is 4.81. The second-order valence-corrected chi connectivity index (χ2v) is 5.88. The van der Waals surface area contributed by atoms with E-state index < -0.39 is 27.8 Å². The van der Waals surface area contributed by atoms with E-state index in [-0.39, 0.29) is 17.1 Å². The van der Waals surface area contributed by atoms with Gasteiger partial charge in [0.25, 0.3) is 5.91 Å². The highest BCUT2D eigenvalue weighted by molar-refractivity contribution is 7.94. The fraction of sp³-hybridized carbons (Fsp3) is 0.182. The van der Waals surface area contributed by atoms with E-state index in [0.29, 0.717) is 0 Å². The van der Waals surface area contributed by atoms with Gasteiger partial charge < -0.3 is 10.4 Å². The van der Waals surface area contributed by atoms with Gasteiger partial charge in [-0.15, -0.1) is 0 Å². The molecule has 1 aromatic rings. The number of nitrogens with zero attached hydrogens (tertiary/aromatic N) is 1. The van der Waals surface area contributed by atoms with Crippen molar-refractivity contribution in [2.75, 3.05) is 5.75 Å². The standard InChI is InChI=1S/C11H10N2O5S/c14-10(12-7-4-5-19(17,18)6-7)8-2-1-3-9(13-8)11(15)16/h1-5,7H,6H2,(H,12,14)(H,15,16). The number of carboxylic acid groups (broad SMARTS) is 1. The summed E-state index contributed by atoms with van der Waals surface area (Å²) in [6.07, 6.45) is 1.37. The maximum atomic E-state index is 11.8. The Morgan fingerprint density at radius 3 is 2.58 bits per heavy atom. The van der Waals surface area contributed by atoms with E-state index in [1.165, 1.54) is 24.3 Å². The molecule has 0 spiro atoms. The first kappa shape index (κ1) is 13.2. The van der Waals surface area contributed by atoms with Crippen molar-refractivity contribution in [3.05, 3.63) is 41.1 Å². The van der Waals surface area contributed by atoms with E-state index in [9.17, 15) is 18.0 Å². The zero-order chi connectivity index (χ0) is 14.0. The summed E-state index contributed by atoms with van der Waals surface area (Å²) in [5.41, 5.74) is -0.320. The molecule has 0 bridgehead atoms. The number of hydrogen-bond acceptors (Lipinski definition) is 5. The summed E-state index contributed by atoms with van der Waals surface area (Å²) >= 11 is 0. The van der Waals surface area contributed by atoms with Crippen LogP contribution >= 0.6 is 0 Å². The third-order valence-electron chi connectivity index (χ3n) is 2.45. The van der Waals surface area contributed by atoms with E-state index in [4.69, 9.17) is 5.11 Å². The van der Waals surface area contributed by atoms with E-state index in [2.05, 4.69) is 10.3 Å². The number of rotatable bonds is 3. The van der Waals surface area contributed by atoms with Crippen molar-refractivity contribution in [1.29, 1.82) is 0 Å². The van der Waals surface area contributed by atoms with Crippen LogP contribution in [0.25, 0.3) is 0 Å². The average molecular weight is 282 g/mol. The highest BCUT2D eigenvalue weighted by Gasteiger charge is 2.24. The summed E-state index contributed by atoms with van der Waals surface area (Å²) in [4.78, 5) is 26.2. The number of aromatic nitrogens is 1. The molecule has 2 heterocycles. The molecule has 8 heteroatoms. The van der Waals surface area contributed by atoms with Crippen molar-refractivity contribution < 1.29 is 23.1 Å². The predicted octanol–water partition coefficient (Wildman–Crippen LogP) is -0.180. The van der Waals surface area contributed by atoms with Crippen molar-refractivity contribution >= 4 is 21.7 Å². The second-order valence-electron chi connectivity index (χ2n) is 3.95. The van der Waals surface area contributed by atoms with Gasteiger partial charge in [-0.05, 0) is 18.2 Å². The molecule has 1 amide bonds. The SMILES string of the molecule is O=C(O)c1cccc(C(=O)NC2C=CS(=O)(=O)C2)n1. The Hall–Kier alpha value is -2.22. The molecule has 0 saturated carbocycles. The molecular weight excluding hydrogens is 272 g/mol. The van der Waals surface area contributed by atoms with Crippen molar-refractivity contribution in [3.63, 3.8) is 0 Å². The van der Waals surface area contributed by atoms with Crippen molar-refractivity contribution in [3.8, 4) is 0 Å². The van der Waals surface area contributed by atoms with Crippen LogP contribution in [0.1, 0.15) is 21.0 Å². The highest BCUT2D eigenvalue weighted by Crippen LogP contribution is 2.09. The summed E-state index contributed by atoms with van der Waals surface area (Å²) in [6.45, 7) is 0. The Kier molecular flexibility index (Phi) is 3.34. The van der Waals surface area contributed by atoms with Crippen LogP contribution in [0.3, 0.4) is 0 Å². The lowest BCUT2D eigenvalue weighted by molar-refractivity contribution is 0.0690. The van der Waals surface area contributed by atoms with Gasteiger partial charge in [0.15, 0.2) is 9.84 Å². The first-order chi connectivity index (χ1) is 8.87. The van der Waals surface area contributed by atoms with Crippen molar-refractivity contribution in [1.82, 2.24) is 10.3 Å². The zero-order valence-corrected chi connectivity index (χ0v) is 10.4. The van der Waals surface area contributed by atoms with Gasteiger partial charge in [0.2, 0.25) is 0 Å². The molecule has 0 fully saturated rings. The van der Waals surface area contributed by atoms with E-state index in [1.54, 1.807) is 0 Å². The Morgan fingerprint density at radius 1 is 1.32 bits per heavy atom. The van der Waals surface area contributed by atoms with Gasteiger partial charge in [-0.2, -0.15) is 0 Å². The van der Waals surface area contributed by atoms with Gasteiger partial charge in [-0.25, -0.2) is 18.2 Å². The third-order valence-corrected chi connectivity index (χ3v) is 3.84. The van der Waals surface area contributed by atoms with Gasteiger partial charge >= 0.3 is 5.97 Å². The number of pyridine rings is 1. The van der Waals surface area contributed by atoms with Gasteiger partial charge in [-0.3, -0.25) is 4.79 Å². The maximum absolute atomic E-state index is 11.8. The van der Waals surface area contributed by atoms with E-state index >= 15 is 0 Å². The summed E-state index contributed by atoms with van der Waals surface area (Å²) in [5.74, 6) is -2.05. The molecule has 100 valence electrons. The summed E-state index contributed by atoms with van der Waals surface area (Å²) in [5, 5.41) is 12.3. The monoisotopic (exact) mass is 282 g/mol. The molecular formula is C11H10N2O5S. The summed E-state index contributed by atoms with van der Waals surface area (Å²) in [6, 6.07) is 3.40. The Morgan fingerprint density at radius 2 is 2.00 bits per heavy atom. The highest BCUT2D eigenvalue weighted by atomic mass is 32.2. The first-order valence-electron chi connectivity index (χ1n) is 5.29. The minimum absolute atomic E-state index is 0.0717. The minimum atomic E-state index is -3.25. The number of hydrogen-bond donors (Lipinski definition) is 2. The fourth-order valence-corrected chi connectivity index (χ4v) is 2.82. The molecule has 1 unspecified atom stereocenters.